The number of methoxy groups -OCH3 is 2. The molecule has 1 amide bonds. The maximum Gasteiger partial charge on any atom is 0.244 e. The molecule has 1 saturated heterocycles. The molecule has 1 fully saturated rings. The van der Waals surface area contributed by atoms with Crippen LogP contribution < -0.4 is 19.1 Å². The summed E-state index contributed by atoms with van der Waals surface area (Å²) in [4.78, 5) is 18.2. The quantitative estimate of drug-likeness (QED) is 0.570. The van der Waals surface area contributed by atoms with Gasteiger partial charge in [0.05, 0.1) is 19.9 Å². The first-order valence-corrected chi connectivity index (χ1v) is 11.4. The van der Waals surface area contributed by atoms with Gasteiger partial charge in [-0.1, -0.05) is 0 Å². The first kappa shape index (κ1) is 21.1. The van der Waals surface area contributed by atoms with Gasteiger partial charge in [0.1, 0.15) is 10.6 Å². The molecule has 4 rings (SSSR count). The molecular weight excluding hydrogens is 420 g/mol. The summed E-state index contributed by atoms with van der Waals surface area (Å²) in [5.41, 5.74) is 1.96. The molecule has 2 aromatic heterocycles. The van der Waals surface area contributed by atoms with Gasteiger partial charge in [0.2, 0.25) is 15.9 Å². The van der Waals surface area contributed by atoms with Crippen LogP contribution in [-0.4, -0.2) is 51.0 Å². The summed E-state index contributed by atoms with van der Waals surface area (Å²) in [7, 11) is -0.864. The Morgan fingerprint density at radius 1 is 1.16 bits per heavy atom. The average Bonchev–Trinajstić information content (AvgIpc) is 3.38. The molecule has 10 heteroatoms. The highest BCUT2D eigenvalue weighted by molar-refractivity contribution is 7.89. The van der Waals surface area contributed by atoms with Crippen LogP contribution in [0.4, 0.5) is 5.69 Å². The smallest absolute Gasteiger partial charge is 0.244 e. The summed E-state index contributed by atoms with van der Waals surface area (Å²) in [5.74, 6) is 0.858. The van der Waals surface area contributed by atoms with E-state index in [-0.39, 0.29) is 23.1 Å². The minimum absolute atomic E-state index is 0.00358. The third-order valence-electron chi connectivity index (χ3n) is 5.21. The fraction of sp³-hybridized carbons (Fsp3) is 0.333. The molecule has 1 N–H and O–H groups in total. The topological polar surface area (TPSA) is 102 Å². The van der Waals surface area contributed by atoms with Crippen LogP contribution in [0.2, 0.25) is 0 Å². The van der Waals surface area contributed by atoms with Crippen LogP contribution in [0.15, 0.2) is 47.6 Å². The zero-order valence-electron chi connectivity index (χ0n) is 17.4. The van der Waals surface area contributed by atoms with Crippen LogP contribution in [0.25, 0.3) is 5.65 Å². The predicted molar refractivity (Wildman–Crippen MR) is 115 cm³/mol. The number of benzene rings is 1. The van der Waals surface area contributed by atoms with Crippen LogP contribution in [0.1, 0.15) is 18.5 Å². The van der Waals surface area contributed by atoms with E-state index in [2.05, 4.69) is 9.71 Å². The molecule has 0 atom stereocenters. The van der Waals surface area contributed by atoms with Gasteiger partial charge in [-0.15, -0.1) is 0 Å². The highest BCUT2D eigenvalue weighted by Crippen LogP contribution is 2.31. The second kappa shape index (κ2) is 8.56. The lowest BCUT2D eigenvalue weighted by atomic mass is 10.3. The maximum atomic E-state index is 13.0. The van der Waals surface area contributed by atoms with Gasteiger partial charge in [0, 0.05) is 44.0 Å². The minimum atomic E-state index is -3.86. The molecule has 1 aromatic carbocycles. The summed E-state index contributed by atoms with van der Waals surface area (Å²) in [6, 6.07) is 8.43. The molecule has 1 aliphatic heterocycles. The van der Waals surface area contributed by atoms with Gasteiger partial charge in [-0.3, -0.25) is 4.79 Å². The third kappa shape index (κ3) is 4.21. The van der Waals surface area contributed by atoms with Crippen LogP contribution in [-0.2, 0) is 21.2 Å². The zero-order chi connectivity index (χ0) is 22.0. The normalized spacial score (nSPS) is 14.4. The SMILES string of the molecule is COc1ccc(N2CCCC2=O)cc1S(=O)(=O)NCCc1cn2cccc(OC)c2n1. The van der Waals surface area contributed by atoms with E-state index in [0.717, 1.165) is 12.1 Å². The Hall–Kier alpha value is -3.11. The lowest BCUT2D eigenvalue weighted by Gasteiger charge is -2.18. The number of pyridine rings is 1. The highest BCUT2D eigenvalue weighted by Gasteiger charge is 2.26. The van der Waals surface area contributed by atoms with Crippen LogP contribution in [0.3, 0.4) is 0 Å². The Labute approximate surface area is 180 Å². The van der Waals surface area contributed by atoms with Crippen molar-refractivity contribution in [1.82, 2.24) is 14.1 Å². The molecule has 0 bridgehead atoms. The molecule has 31 heavy (non-hydrogen) atoms. The van der Waals surface area contributed by atoms with Crippen molar-refractivity contribution in [2.45, 2.75) is 24.2 Å². The van der Waals surface area contributed by atoms with Gasteiger partial charge in [0.15, 0.2) is 11.4 Å². The van der Waals surface area contributed by atoms with E-state index in [4.69, 9.17) is 9.47 Å². The number of ether oxygens (including phenoxy) is 2. The molecule has 3 heterocycles. The number of imidazole rings is 1. The highest BCUT2D eigenvalue weighted by atomic mass is 32.2. The number of carbonyl (C=O) groups is 1. The number of rotatable bonds is 8. The molecule has 0 spiro atoms. The number of nitrogens with one attached hydrogen (secondary N) is 1. The van der Waals surface area contributed by atoms with Crippen molar-refractivity contribution >= 4 is 27.3 Å². The Kier molecular flexibility index (Phi) is 5.84. The maximum absolute atomic E-state index is 13.0. The number of anilines is 1. The van der Waals surface area contributed by atoms with Crippen molar-refractivity contribution in [3.05, 3.63) is 48.4 Å². The number of nitrogens with zero attached hydrogens (tertiary/aromatic N) is 3. The molecule has 0 aliphatic carbocycles. The Bertz CT molecular complexity index is 1220. The summed E-state index contributed by atoms with van der Waals surface area (Å²) in [6.45, 7) is 0.736. The van der Waals surface area contributed by atoms with Crippen molar-refractivity contribution in [3.8, 4) is 11.5 Å². The summed E-state index contributed by atoms with van der Waals surface area (Å²) < 4.78 is 41.0. The summed E-state index contributed by atoms with van der Waals surface area (Å²) >= 11 is 0. The van der Waals surface area contributed by atoms with Gasteiger partial charge < -0.3 is 18.8 Å². The number of sulfonamides is 1. The third-order valence-corrected chi connectivity index (χ3v) is 6.69. The van der Waals surface area contributed by atoms with Gasteiger partial charge >= 0.3 is 0 Å². The number of fused-ring (bicyclic) bond motifs is 1. The second-order valence-corrected chi connectivity index (χ2v) is 8.91. The van der Waals surface area contributed by atoms with Gasteiger partial charge in [-0.2, -0.15) is 0 Å². The van der Waals surface area contributed by atoms with Gasteiger partial charge in [0.25, 0.3) is 0 Å². The lowest BCUT2D eigenvalue weighted by Crippen LogP contribution is -2.28. The number of hydrogen-bond acceptors (Lipinski definition) is 6. The minimum Gasteiger partial charge on any atom is -0.495 e. The summed E-state index contributed by atoms with van der Waals surface area (Å²) in [5, 5.41) is 0. The largest absolute Gasteiger partial charge is 0.495 e. The lowest BCUT2D eigenvalue weighted by molar-refractivity contribution is -0.117. The standard InChI is InChI=1S/C21H24N4O5S/c1-29-17-8-7-16(25-12-4-6-20(25)26)13-19(17)31(27,28)22-10-9-15-14-24-11-3-5-18(30-2)21(24)23-15/h3,5,7-8,11,13-14,22H,4,6,9-10,12H2,1-2H3. The van der Waals surface area contributed by atoms with E-state index < -0.39 is 10.0 Å². The van der Waals surface area contributed by atoms with E-state index in [9.17, 15) is 13.2 Å². The van der Waals surface area contributed by atoms with Crippen LogP contribution >= 0.6 is 0 Å². The molecule has 0 unspecified atom stereocenters. The monoisotopic (exact) mass is 444 g/mol. The van der Waals surface area contributed by atoms with Crippen molar-refractivity contribution in [2.24, 2.45) is 0 Å². The average molecular weight is 445 g/mol. The second-order valence-electron chi connectivity index (χ2n) is 7.17. The van der Waals surface area contributed by atoms with Crippen molar-refractivity contribution in [2.75, 3.05) is 32.2 Å². The van der Waals surface area contributed by atoms with E-state index in [1.165, 1.54) is 13.2 Å². The molecule has 0 radical (unpaired) electrons. The molecule has 1 aliphatic rings. The van der Waals surface area contributed by atoms with E-state index >= 15 is 0 Å². The Morgan fingerprint density at radius 3 is 2.68 bits per heavy atom. The fourth-order valence-corrected chi connectivity index (χ4v) is 4.89. The molecule has 0 saturated carbocycles. The summed E-state index contributed by atoms with van der Waals surface area (Å²) in [6.07, 6.45) is 5.32. The molecule has 164 valence electrons. The van der Waals surface area contributed by atoms with E-state index in [1.54, 1.807) is 24.1 Å². The number of amides is 1. The Balaban J connectivity index is 1.51. The first-order valence-electron chi connectivity index (χ1n) is 9.91. The Morgan fingerprint density at radius 2 is 1.97 bits per heavy atom. The first-order chi connectivity index (χ1) is 14.9. The molecular formula is C21H24N4O5S. The van der Waals surface area contributed by atoms with Gasteiger partial charge in [-0.25, -0.2) is 18.1 Å². The predicted octanol–water partition coefficient (Wildman–Crippen LogP) is 2.00. The van der Waals surface area contributed by atoms with Crippen LogP contribution in [0, 0.1) is 0 Å². The van der Waals surface area contributed by atoms with E-state index in [1.807, 2.05) is 28.9 Å². The number of carbonyl (C=O) groups excluding carboxylic acids is 1. The van der Waals surface area contributed by atoms with Crippen molar-refractivity contribution < 1.29 is 22.7 Å². The van der Waals surface area contributed by atoms with Crippen molar-refractivity contribution in [1.29, 1.82) is 0 Å². The molecule has 3 aromatic rings. The zero-order valence-corrected chi connectivity index (χ0v) is 18.2. The number of aromatic nitrogens is 2. The van der Waals surface area contributed by atoms with Crippen LogP contribution in [0.5, 0.6) is 11.5 Å². The number of hydrogen-bond donors (Lipinski definition) is 1. The van der Waals surface area contributed by atoms with E-state index in [0.29, 0.717) is 36.5 Å². The van der Waals surface area contributed by atoms with Gasteiger partial charge in [-0.05, 0) is 36.8 Å². The molecule has 9 nitrogen and oxygen atoms in total. The fourth-order valence-electron chi connectivity index (χ4n) is 3.67. The van der Waals surface area contributed by atoms with Crippen molar-refractivity contribution in [3.63, 3.8) is 0 Å².